The van der Waals surface area contributed by atoms with Crippen molar-refractivity contribution in [2.75, 3.05) is 34.3 Å². The summed E-state index contributed by atoms with van der Waals surface area (Å²) in [5.41, 5.74) is 0.997. The van der Waals surface area contributed by atoms with Crippen LogP contribution in [0.5, 0.6) is 5.75 Å². The van der Waals surface area contributed by atoms with Gasteiger partial charge in [-0.15, -0.1) is 0 Å². The van der Waals surface area contributed by atoms with Crippen molar-refractivity contribution >= 4 is 27.7 Å². The van der Waals surface area contributed by atoms with E-state index in [1.807, 2.05) is 30.1 Å². The Morgan fingerprint density at radius 3 is 2.62 bits per heavy atom. The van der Waals surface area contributed by atoms with E-state index in [4.69, 9.17) is 4.74 Å². The molecule has 7 heteroatoms. The molecule has 0 aliphatic heterocycles. The van der Waals surface area contributed by atoms with Gasteiger partial charge in [0, 0.05) is 29.7 Å². The summed E-state index contributed by atoms with van der Waals surface area (Å²) in [6.45, 7) is 0.919. The molecule has 24 heavy (non-hydrogen) atoms. The molecule has 1 aromatic rings. The molecule has 2 rings (SSSR count). The fourth-order valence-electron chi connectivity index (χ4n) is 2.37. The minimum atomic E-state index is -0.0929. The molecule has 132 valence electrons. The summed E-state index contributed by atoms with van der Waals surface area (Å²) in [4.78, 5) is 27.4. The Balaban J connectivity index is 1.84. The zero-order chi connectivity index (χ0) is 17.7. The Morgan fingerprint density at radius 2 is 2.00 bits per heavy atom. The highest BCUT2D eigenvalue weighted by molar-refractivity contribution is 9.10. The summed E-state index contributed by atoms with van der Waals surface area (Å²) in [5, 5.41) is 2.89. The minimum absolute atomic E-state index is 0.0857. The monoisotopic (exact) mass is 397 g/mol. The zero-order valence-corrected chi connectivity index (χ0v) is 15.9. The number of methoxy groups -OCH3 is 1. The number of benzene rings is 1. The summed E-state index contributed by atoms with van der Waals surface area (Å²) in [5.74, 6) is 0.608. The number of amides is 2. The lowest BCUT2D eigenvalue weighted by Gasteiger charge is -2.22. The molecular formula is C17H24BrN3O3. The average Bonchev–Trinajstić information content (AvgIpc) is 3.31. The smallest absolute Gasteiger partial charge is 0.239 e. The van der Waals surface area contributed by atoms with Crippen LogP contribution in [0.25, 0.3) is 0 Å². The van der Waals surface area contributed by atoms with E-state index < -0.39 is 0 Å². The highest BCUT2D eigenvalue weighted by Crippen LogP contribution is 2.24. The van der Waals surface area contributed by atoms with Crippen molar-refractivity contribution in [1.82, 2.24) is 15.1 Å². The van der Waals surface area contributed by atoms with E-state index in [0.717, 1.165) is 28.6 Å². The van der Waals surface area contributed by atoms with Gasteiger partial charge >= 0.3 is 0 Å². The van der Waals surface area contributed by atoms with E-state index >= 15 is 0 Å². The lowest BCUT2D eigenvalue weighted by atomic mass is 10.2. The van der Waals surface area contributed by atoms with Crippen LogP contribution in [0.4, 0.5) is 0 Å². The van der Waals surface area contributed by atoms with Crippen LogP contribution in [0.2, 0.25) is 0 Å². The third-order valence-electron chi connectivity index (χ3n) is 3.84. The number of carbonyl (C=O) groups is 2. The van der Waals surface area contributed by atoms with Gasteiger partial charge in [0.2, 0.25) is 11.8 Å². The molecule has 2 amide bonds. The van der Waals surface area contributed by atoms with Crippen LogP contribution in [-0.4, -0.2) is 62.0 Å². The van der Waals surface area contributed by atoms with Crippen LogP contribution in [-0.2, 0) is 16.1 Å². The fraction of sp³-hybridized carbons (Fsp3) is 0.529. The van der Waals surface area contributed by atoms with E-state index in [2.05, 4.69) is 21.2 Å². The number of likely N-dealkylation sites (N-methyl/N-ethyl adjacent to an activating group) is 2. The van der Waals surface area contributed by atoms with Crippen molar-refractivity contribution in [3.05, 3.63) is 28.2 Å². The van der Waals surface area contributed by atoms with Crippen molar-refractivity contribution in [3.8, 4) is 5.75 Å². The van der Waals surface area contributed by atoms with Gasteiger partial charge in [-0.25, -0.2) is 0 Å². The number of hydrogen-bond donors (Lipinski definition) is 1. The van der Waals surface area contributed by atoms with Crippen molar-refractivity contribution in [2.24, 2.45) is 0 Å². The Labute approximate surface area is 151 Å². The lowest BCUT2D eigenvalue weighted by molar-refractivity contribution is -0.135. The predicted octanol–water partition coefficient (Wildman–Crippen LogP) is 1.63. The Hall–Kier alpha value is -1.60. The topological polar surface area (TPSA) is 61.9 Å². The third-order valence-corrected chi connectivity index (χ3v) is 4.33. The van der Waals surface area contributed by atoms with Crippen molar-refractivity contribution in [1.29, 1.82) is 0 Å². The molecule has 1 saturated carbocycles. The molecule has 0 radical (unpaired) electrons. The van der Waals surface area contributed by atoms with Gasteiger partial charge in [-0.05, 0) is 38.1 Å². The van der Waals surface area contributed by atoms with Crippen LogP contribution in [0.3, 0.4) is 0 Å². The quantitative estimate of drug-likeness (QED) is 0.723. The fourth-order valence-corrected chi connectivity index (χ4v) is 2.78. The number of halogens is 1. The largest absolute Gasteiger partial charge is 0.496 e. The minimum Gasteiger partial charge on any atom is -0.496 e. The van der Waals surface area contributed by atoms with Crippen molar-refractivity contribution in [2.45, 2.75) is 25.4 Å². The van der Waals surface area contributed by atoms with Crippen molar-refractivity contribution in [3.63, 3.8) is 0 Å². The first-order chi connectivity index (χ1) is 11.4. The molecule has 0 aromatic heterocycles. The van der Waals surface area contributed by atoms with Gasteiger partial charge in [-0.3, -0.25) is 14.5 Å². The first-order valence-electron chi connectivity index (χ1n) is 7.93. The molecule has 0 atom stereocenters. The maximum atomic E-state index is 12.3. The van der Waals surface area contributed by atoms with Gasteiger partial charge in [0.1, 0.15) is 5.75 Å². The number of ether oxygens (including phenoxy) is 1. The second-order valence-corrected chi connectivity index (χ2v) is 7.14. The van der Waals surface area contributed by atoms with E-state index in [-0.39, 0.29) is 24.9 Å². The Kier molecular flexibility index (Phi) is 6.62. The van der Waals surface area contributed by atoms with E-state index in [0.29, 0.717) is 12.6 Å². The summed E-state index contributed by atoms with van der Waals surface area (Å²) < 4.78 is 6.32. The van der Waals surface area contributed by atoms with Crippen LogP contribution in [0.1, 0.15) is 18.4 Å². The highest BCUT2D eigenvalue weighted by Gasteiger charge is 2.24. The molecule has 6 nitrogen and oxygen atoms in total. The molecule has 0 unspecified atom stereocenters. The maximum absolute atomic E-state index is 12.3. The summed E-state index contributed by atoms with van der Waals surface area (Å²) >= 11 is 3.45. The van der Waals surface area contributed by atoms with Gasteiger partial charge in [-0.1, -0.05) is 15.9 Å². The average molecular weight is 398 g/mol. The van der Waals surface area contributed by atoms with Gasteiger partial charge in [0.05, 0.1) is 20.2 Å². The second kappa shape index (κ2) is 8.48. The van der Waals surface area contributed by atoms with Crippen LogP contribution in [0.15, 0.2) is 22.7 Å². The standard InChI is InChI=1S/C17H24BrN3O3/c1-20(9-12-8-13(18)4-7-15(12)24-3)11-17(23)21(2)10-16(22)19-14-5-6-14/h4,7-8,14H,5-6,9-11H2,1-3H3,(H,19,22). The van der Waals surface area contributed by atoms with E-state index in [1.165, 1.54) is 4.90 Å². The van der Waals surface area contributed by atoms with E-state index in [9.17, 15) is 9.59 Å². The molecule has 1 aromatic carbocycles. The van der Waals surface area contributed by atoms with Crippen LogP contribution in [0, 0.1) is 0 Å². The van der Waals surface area contributed by atoms with Crippen LogP contribution >= 0.6 is 15.9 Å². The molecule has 0 saturated heterocycles. The zero-order valence-electron chi connectivity index (χ0n) is 14.3. The molecule has 0 heterocycles. The summed E-state index contributed by atoms with van der Waals surface area (Å²) in [6, 6.07) is 6.10. The SMILES string of the molecule is COc1ccc(Br)cc1CN(C)CC(=O)N(C)CC(=O)NC1CC1. The van der Waals surface area contributed by atoms with Gasteiger partial charge in [0.15, 0.2) is 0 Å². The van der Waals surface area contributed by atoms with Crippen LogP contribution < -0.4 is 10.1 Å². The van der Waals surface area contributed by atoms with E-state index in [1.54, 1.807) is 14.2 Å². The number of hydrogen-bond acceptors (Lipinski definition) is 4. The van der Waals surface area contributed by atoms with Gasteiger partial charge in [0.25, 0.3) is 0 Å². The number of nitrogens with one attached hydrogen (secondary N) is 1. The third kappa shape index (κ3) is 5.79. The molecular weight excluding hydrogens is 374 g/mol. The number of nitrogens with zero attached hydrogens (tertiary/aromatic N) is 2. The second-order valence-electron chi connectivity index (χ2n) is 6.22. The molecule has 0 spiro atoms. The predicted molar refractivity (Wildman–Crippen MR) is 95.8 cm³/mol. The summed E-state index contributed by atoms with van der Waals surface area (Å²) in [6.07, 6.45) is 2.08. The maximum Gasteiger partial charge on any atom is 0.239 e. The first kappa shape index (κ1) is 18.7. The van der Waals surface area contributed by atoms with Gasteiger partial charge in [-0.2, -0.15) is 0 Å². The van der Waals surface area contributed by atoms with Gasteiger partial charge < -0.3 is 15.0 Å². The Bertz CT molecular complexity index is 605. The molecule has 1 fully saturated rings. The normalized spacial score (nSPS) is 13.7. The molecule has 1 aliphatic rings. The van der Waals surface area contributed by atoms with Crippen molar-refractivity contribution < 1.29 is 14.3 Å². The number of carbonyl (C=O) groups excluding carboxylic acids is 2. The number of rotatable bonds is 8. The molecule has 0 bridgehead atoms. The molecule has 1 aliphatic carbocycles. The first-order valence-corrected chi connectivity index (χ1v) is 8.72. The lowest BCUT2D eigenvalue weighted by Crippen LogP contribution is -2.42. The Morgan fingerprint density at radius 1 is 1.29 bits per heavy atom. The highest BCUT2D eigenvalue weighted by atomic mass is 79.9. The molecule has 1 N–H and O–H groups in total. The summed E-state index contributed by atoms with van der Waals surface area (Å²) in [7, 11) is 5.16.